The summed E-state index contributed by atoms with van der Waals surface area (Å²) in [6.07, 6.45) is -2.68. The van der Waals surface area contributed by atoms with Crippen molar-refractivity contribution in [2.75, 3.05) is 25.0 Å². The zero-order valence-electron chi connectivity index (χ0n) is 10.7. The molecule has 0 atom stereocenters. The highest BCUT2D eigenvalue weighted by atomic mass is 19.4. The lowest BCUT2D eigenvalue weighted by Gasteiger charge is -2.22. The lowest BCUT2D eigenvalue weighted by atomic mass is 10.2. The van der Waals surface area contributed by atoms with Gasteiger partial charge < -0.3 is 10.2 Å². The van der Waals surface area contributed by atoms with E-state index in [1.54, 1.807) is 13.1 Å². The topological polar surface area (TPSA) is 41.1 Å². The third-order valence-electron chi connectivity index (χ3n) is 2.31. The number of nitrogens with zero attached hydrogens (tertiary/aromatic N) is 3. The van der Waals surface area contributed by atoms with Crippen molar-refractivity contribution in [3.63, 3.8) is 0 Å². The molecule has 0 aromatic carbocycles. The maximum absolute atomic E-state index is 12.4. The van der Waals surface area contributed by atoms with Crippen LogP contribution < -0.4 is 10.2 Å². The van der Waals surface area contributed by atoms with Gasteiger partial charge in [0.25, 0.3) is 0 Å². The summed E-state index contributed by atoms with van der Waals surface area (Å²) in [6, 6.07) is 0. The lowest BCUT2D eigenvalue weighted by molar-refractivity contribution is -0.119. The molecule has 0 aliphatic rings. The fraction of sp³-hybridized carbons (Fsp3) is 0.636. The second kappa shape index (κ2) is 5.99. The largest absolute Gasteiger partial charge is 0.405 e. The Labute approximate surface area is 104 Å². The van der Waals surface area contributed by atoms with E-state index in [-0.39, 0.29) is 0 Å². The molecule has 7 heteroatoms. The summed E-state index contributed by atoms with van der Waals surface area (Å²) in [4.78, 5) is 9.20. The molecule has 0 fully saturated rings. The molecule has 0 unspecified atom stereocenters. The first kappa shape index (κ1) is 14.7. The second-order valence-corrected chi connectivity index (χ2v) is 4.02. The van der Waals surface area contributed by atoms with Gasteiger partial charge in [0.2, 0.25) is 0 Å². The maximum Gasteiger partial charge on any atom is 0.405 e. The van der Waals surface area contributed by atoms with Crippen LogP contribution in [0, 0.1) is 6.92 Å². The zero-order valence-corrected chi connectivity index (χ0v) is 10.7. The minimum Gasteiger partial charge on any atom is -0.350 e. The van der Waals surface area contributed by atoms with E-state index >= 15 is 0 Å². The van der Waals surface area contributed by atoms with Gasteiger partial charge in [-0.05, 0) is 13.5 Å². The SMILES string of the molecule is CCNCc1cnc(C)nc1N(C)CC(F)(F)F. The average Bonchev–Trinajstić information content (AvgIpc) is 2.25. The normalized spacial score (nSPS) is 11.7. The van der Waals surface area contributed by atoms with Gasteiger partial charge in [-0.1, -0.05) is 6.92 Å². The van der Waals surface area contributed by atoms with E-state index in [1.807, 2.05) is 6.92 Å². The fourth-order valence-electron chi connectivity index (χ4n) is 1.54. The molecule has 1 aromatic heterocycles. The predicted octanol–water partition coefficient (Wildman–Crippen LogP) is 1.89. The van der Waals surface area contributed by atoms with E-state index in [9.17, 15) is 13.2 Å². The van der Waals surface area contributed by atoms with Crippen LogP contribution in [0.5, 0.6) is 0 Å². The van der Waals surface area contributed by atoms with Crippen molar-refractivity contribution in [1.82, 2.24) is 15.3 Å². The molecule has 0 saturated carbocycles. The molecular weight excluding hydrogens is 245 g/mol. The van der Waals surface area contributed by atoms with Gasteiger partial charge in [0.1, 0.15) is 18.2 Å². The highest BCUT2D eigenvalue weighted by Crippen LogP contribution is 2.22. The van der Waals surface area contributed by atoms with Crippen molar-refractivity contribution in [2.24, 2.45) is 0 Å². The van der Waals surface area contributed by atoms with Crippen LogP contribution in [0.3, 0.4) is 0 Å². The van der Waals surface area contributed by atoms with Gasteiger partial charge in [0.15, 0.2) is 0 Å². The van der Waals surface area contributed by atoms with Gasteiger partial charge in [0.05, 0.1) is 0 Å². The molecule has 0 amide bonds. The molecule has 0 aliphatic heterocycles. The Hall–Kier alpha value is -1.37. The first-order chi connectivity index (χ1) is 8.33. The van der Waals surface area contributed by atoms with Crippen LogP contribution in [-0.2, 0) is 6.54 Å². The van der Waals surface area contributed by atoms with E-state index in [0.29, 0.717) is 23.8 Å². The number of rotatable bonds is 5. The Kier molecular flexibility index (Phi) is 4.89. The molecular formula is C11H17F3N4. The first-order valence-electron chi connectivity index (χ1n) is 5.64. The summed E-state index contributed by atoms with van der Waals surface area (Å²) in [6.45, 7) is 3.74. The number of hydrogen-bond donors (Lipinski definition) is 1. The Morgan fingerprint density at radius 2 is 2.06 bits per heavy atom. The van der Waals surface area contributed by atoms with Gasteiger partial charge >= 0.3 is 6.18 Å². The standard InChI is InChI=1S/C11H17F3N4/c1-4-15-5-9-6-16-8(2)17-10(9)18(3)7-11(12,13)14/h6,15H,4-5,7H2,1-3H3. The molecule has 0 aliphatic carbocycles. The van der Waals surface area contributed by atoms with Crippen molar-refractivity contribution in [1.29, 1.82) is 0 Å². The number of alkyl halides is 3. The number of halogens is 3. The lowest BCUT2D eigenvalue weighted by Crippen LogP contribution is -2.33. The fourth-order valence-corrected chi connectivity index (χ4v) is 1.54. The van der Waals surface area contributed by atoms with Crippen molar-refractivity contribution in [2.45, 2.75) is 26.6 Å². The monoisotopic (exact) mass is 262 g/mol. The number of nitrogens with one attached hydrogen (secondary N) is 1. The Morgan fingerprint density at radius 3 is 2.61 bits per heavy atom. The molecule has 102 valence electrons. The van der Waals surface area contributed by atoms with Crippen LogP contribution in [-0.4, -0.2) is 36.3 Å². The predicted molar refractivity (Wildman–Crippen MR) is 63.5 cm³/mol. The summed E-state index contributed by atoms with van der Waals surface area (Å²) in [5, 5.41) is 3.05. The van der Waals surface area contributed by atoms with E-state index in [4.69, 9.17) is 0 Å². The summed E-state index contributed by atoms with van der Waals surface area (Å²) in [5.41, 5.74) is 0.661. The summed E-state index contributed by atoms with van der Waals surface area (Å²) in [7, 11) is 1.38. The zero-order chi connectivity index (χ0) is 13.8. The third kappa shape index (κ3) is 4.48. The van der Waals surface area contributed by atoms with Crippen LogP contribution in [0.25, 0.3) is 0 Å². The molecule has 0 spiro atoms. The van der Waals surface area contributed by atoms with Crippen LogP contribution in [0.4, 0.5) is 19.0 Å². The van der Waals surface area contributed by atoms with Gasteiger partial charge in [-0.25, -0.2) is 9.97 Å². The first-order valence-corrected chi connectivity index (χ1v) is 5.64. The smallest absolute Gasteiger partial charge is 0.350 e. The van der Waals surface area contributed by atoms with Crippen LogP contribution >= 0.6 is 0 Å². The van der Waals surface area contributed by atoms with E-state index in [0.717, 1.165) is 11.4 Å². The van der Waals surface area contributed by atoms with Crippen molar-refractivity contribution in [3.8, 4) is 0 Å². The number of aromatic nitrogens is 2. The van der Waals surface area contributed by atoms with Gasteiger partial charge in [-0.15, -0.1) is 0 Å². The van der Waals surface area contributed by atoms with Crippen LogP contribution in [0.15, 0.2) is 6.20 Å². The van der Waals surface area contributed by atoms with Crippen molar-refractivity contribution in [3.05, 3.63) is 17.6 Å². The van der Waals surface area contributed by atoms with Crippen molar-refractivity contribution < 1.29 is 13.2 Å². The maximum atomic E-state index is 12.4. The molecule has 1 aromatic rings. The minimum atomic E-state index is -4.25. The molecule has 1 rings (SSSR count). The van der Waals surface area contributed by atoms with Crippen LogP contribution in [0.2, 0.25) is 0 Å². The summed E-state index contributed by atoms with van der Waals surface area (Å²) in [5.74, 6) is 0.778. The number of anilines is 1. The Bertz CT molecular complexity index is 392. The molecule has 1 N–H and O–H groups in total. The summed E-state index contributed by atoms with van der Waals surface area (Å²) >= 11 is 0. The van der Waals surface area contributed by atoms with E-state index < -0.39 is 12.7 Å². The molecule has 18 heavy (non-hydrogen) atoms. The number of hydrogen-bond acceptors (Lipinski definition) is 4. The highest BCUT2D eigenvalue weighted by Gasteiger charge is 2.30. The van der Waals surface area contributed by atoms with Gasteiger partial charge in [0, 0.05) is 25.4 Å². The van der Waals surface area contributed by atoms with E-state index in [1.165, 1.54) is 7.05 Å². The highest BCUT2D eigenvalue weighted by molar-refractivity contribution is 5.45. The van der Waals surface area contributed by atoms with Gasteiger partial charge in [-0.3, -0.25) is 0 Å². The average molecular weight is 262 g/mol. The Balaban J connectivity index is 2.93. The molecule has 0 radical (unpaired) electrons. The van der Waals surface area contributed by atoms with Crippen LogP contribution in [0.1, 0.15) is 18.3 Å². The molecule has 4 nitrogen and oxygen atoms in total. The summed E-state index contributed by atoms with van der Waals surface area (Å²) < 4.78 is 37.1. The molecule has 1 heterocycles. The van der Waals surface area contributed by atoms with E-state index in [2.05, 4.69) is 15.3 Å². The molecule has 0 saturated heterocycles. The van der Waals surface area contributed by atoms with Crippen molar-refractivity contribution >= 4 is 5.82 Å². The molecule has 0 bridgehead atoms. The third-order valence-corrected chi connectivity index (χ3v) is 2.31. The second-order valence-electron chi connectivity index (χ2n) is 4.02. The minimum absolute atomic E-state index is 0.320. The Morgan fingerprint density at radius 1 is 1.39 bits per heavy atom. The number of aryl methyl sites for hydroxylation is 1. The quantitative estimate of drug-likeness (QED) is 0.880. The van der Waals surface area contributed by atoms with Gasteiger partial charge in [-0.2, -0.15) is 13.2 Å².